The number of thiophene rings is 1. The smallest absolute Gasteiger partial charge is 0.262 e. The summed E-state index contributed by atoms with van der Waals surface area (Å²) in [7, 11) is 0. The molecule has 0 saturated heterocycles. The van der Waals surface area contributed by atoms with Gasteiger partial charge in [-0.3, -0.25) is 0 Å². The van der Waals surface area contributed by atoms with Gasteiger partial charge in [0.05, 0.1) is 14.2 Å². The van der Waals surface area contributed by atoms with Gasteiger partial charge in [0, 0.05) is 0 Å². The van der Waals surface area contributed by atoms with Crippen molar-refractivity contribution in [3.63, 3.8) is 0 Å². The van der Waals surface area contributed by atoms with E-state index >= 15 is 0 Å². The van der Waals surface area contributed by atoms with E-state index in [2.05, 4.69) is 26.1 Å². The van der Waals surface area contributed by atoms with Gasteiger partial charge >= 0.3 is 0 Å². The van der Waals surface area contributed by atoms with E-state index in [0.29, 0.717) is 11.4 Å². The molecule has 2 aromatic heterocycles. The fraction of sp³-hybridized carbons (Fsp3) is 0. The number of benzene rings is 1. The van der Waals surface area contributed by atoms with Gasteiger partial charge in [-0.1, -0.05) is 5.16 Å². The molecule has 2 heterocycles. The highest BCUT2D eigenvalue weighted by Gasteiger charge is 2.15. The van der Waals surface area contributed by atoms with Crippen molar-refractivity contribution >= 4 is 27.3 Å². The predicted molar refractivity (Wildman–Crippen MR) is 74.1 cm³/mol. The average Bonchev–Trinajstić information content (AvgIpc) is 3.00. The summed E-state index contributed by atoms with van der Waals surface area (Å²) in [4.78, 5) is 5.06. The first kappa shape index (κ1) is 12.2. The fourth-order valence-electron chi connectivity index (χ4n) is 1.56. The van der Waals surface area contributed by atoms with E-state index in [9.17, 15) is 10.2 Å². The van der Waals surface area contributed by atoms with Gasteiger partial charge in [-0.25, -0.2) is 0 Å². The van der Waals surface area contributed by atoms with Crippen molar-refractivity contribution in [3.8, 4) is 33.7 Å². The molecular weight excluding hydrogens is 332 g/mol. The Morgan fingerprint density at radius 1 is 1.16 bits per heavy atom. The standard InChI is InChI=1S/C12H7BrN2O3S/c13-10-4-3-9(19-10)11-14-12(18-15-11)7-5-6(16)1-2-8(7)17/h1-5,16-17H. The summed E-state index contributed by atoms with van der Waals surface area (Å²) in [5.74, 6) is 0.591. The topological polar surface area (TPSA) is 79.4 Å². The summed E-state index contributed by atoms with van der Waals surface area (Å²) in [6.45, 7) is 0. The Labute approximate surface area is 120 Å². The number of halogens is 1. The van der Waals surface area contributed by atoms with Gasteiger partial charge in [-0.15, -0.1) is 11.3 Å². The number of rotatable bonds is 2. The molecule has 0 bridgehead atoms. The van der Waals surface area contributed by atoms with Crippen LogP contribution in [0.15, 0.2) is 38.6 Å². The lowest BCUT2D eigenvalue weighted by molar-refractivity contribution is 0.423. The molecule has 7 heteroatoms. The zero-order valence-electron chi connectivity index (χ0n) is 9.37. The van der Waals surface area contributed by atoms with Gasteiger partial charge in [0.25, 0.3) is 5.89 Å². The van der Waals surface area contributed by atoms with Crippen LogP contribution < -0.4 is 0 Å². The van der Waals surface area contributed by atoms with Gasteiger partial charge < -0.3 is 14.7 Å². The molecule has 0 amide bonds. The summed E-state index contributed by atoms with van der Waals surface area (Å²) < 4.78 is 6.08. The lowest BCUT2D eigenvalue weighted by Gasteiger charge is -1.99. The number of aromatic hydroxyl groups is 2. The highest BCUT2D eigenvalue weighted by Crippen LogP contribution is 2.34. The van der Waals surface area contributed by atoms with Crippen LogP contribution in [-0.2, 0) is 0 Å². The summed E-state index contributed by atoms with van der Waals surface area (Å²) >= 11 is 4.84. The molecule has 96 valence electrons. The molecular formula is C12H7BrN2O3S. The number of aromatic nitrogens is 2. The van der Waals surface area contributed by atoms with Crippen molar-refractivity contribution in [2.45, 2.75) is 0 Å². The molecule has 1 aromatic carbocycles. The third-order valence-electron chi connectivity index (χ3n) is 2.43. The maximum Gasteiger partial charge on any atom is 0.262 e. The average molecular weight is 339 g/mol. The third-order valence-corrected chi connectivity index (χ3v) is 4.05. The number of nitrogens with zero attached hydrogens (tertiary/aromatic N) is 2. The SMILES string of the molecule is Oc1ccc(O)c(-c2nc(-c3ccc(Br)s3)no2)c1. The molecule has 3 rings (SSSR count). The Bertz CT molecular complexity index is 738. The Morgan fingerprint density at radius 3 is 2.74 bits per heavy atom. The summed E-state index contributed by atoms with van der Waals surface area (Å²) in [6, 6.07) is 7.88. The Balaban J connectivity index is 2.03. The minimum Gasteiger partial charge on any atom is -0.508 e. The van der Waals surface area contributed by atoms with Crippen LogP contribution in [0, 0.1) is 0 Å². The highest BCUT2D eigenvalue weighted by atomic mass is 79.9. The highest BCUT2D eigenvalue weighted by molar-refractivity contribution is 9.11. The molecule has 0 saturated carbocycles. The first-order chi connectivity index (χ1) is 9.13. The molecule has 19 heavy (non-hydrogen) atoms. The van der Waals surface area contributed by atoms with E-state index in [1.807, 2.05) is 12.1 Å². The normalized spacial score (nSPS) is 10.8. The van der Waals surface area contributed by atoms with Gasteiger partial charge in [-0.2, -0.15) is 4.98 Å². The number of phenolic OH excluding ortho intramolecular Hbond substituents is 2. The minimum atomic E-state index is -0.0274. The van der Waals surface area contributed by atoms with Crippen molar-refractivity contribution in [1.82, 2.24) is 10.1 Å². The van der Waals surface area contributed by atoms with Crippen molar-refractivity contribution in [2.75, 3.05) is 0 Å². The zero-order valence-corrected chi connectivity index (χ0v) is 11.8. The number of phenols is 2. The molecule has 0 radical (unpaired) electrons. The van der Waals surface area contributed by atoms with E-state index in [4.69, 9.17) is 4.52 Å². The van der Waals surface area contributed by atoms with E-state index < -0.39 is 0 Å². The third kappa shape index (κ3) is 2.34. The van der Waals surface area contributed by atoms with E-state index in [0.717, 1.165) is 8.66 Å². The van der Waals surface area contributed by atoms with Crippen LogP contribution in [0.25, 0.3) is 22.2 Å². The number of hydrogen-bond acceptors (Lipinski definition) is 6. The molecule has 0 aliphatic heterocycles. The Hall–Kier alpha value is -1.86. The summed E-state index contributed by atoms with van der Waals surface area (Å²) in [5.41, 5.74) is 0.300. The monoisotopic (exact) mass is 338 g/mol. The Kier molecular flexibility index (Phi) is 3.00. The van der Waals surface area contributed by atoms with E-state index in [1.54, 1.807) is 0 Å². The molecule has 5 nitrogen and oxygen atoms in total. The van der Waals surface area contributed by atoms with Gasteiger partial charge in [0.2, 0.25) is 5.82 Å². The molecule has 0 spiro atoms. The fourth-order valence-corrected chi connectivity index (χ4v) is 2.87. The molecule has 0 aliphatic carbocycles. The van der Waals surface area contributed by atoms with Crippen LogP contribution in [0.4, 0.5) is 0 Å². The second-order valence-electron chi connectivity index (χ2n) is 3.73. The Morgan fingerprint density at radius 2 is 2.00 bits per heavy atom. The van der Waals surface area contributed by atoms with Crippen LogP contribution in [0.1, 0.15) is 0 Å². The van der Waals surface area contributed by atoms with Crippen molar-refractivity contribution < 1.29 is 14.7 Å². The van der Waals surface area contributed by atoms with Crippen molar-refractivity contribution in [1.29, 1.82) is 0 Å². The van der Waals surface area contributed by atoms with Crippen LogP contribution in [0.3, 0.4) is 0 Å². The molecule has 0 fully saturated rings. The molecule has 0 atom stereocenters. The second kappa shape index (κ2) is 4.67. The first-order valence-corrected chi connectivity index (χ1v) is 6.86. The van der Waals surface area contributed by atoms with Gasteiger partial charge in [0.1, 0.15) is 11.5 Å². The molecule has 3 aromatic rings. The van der Waals surface area contributed by atoms with Gasteiger partial charge in [-0.05, 0) is 46.3 Å². The predicted octanol–water partition coefficient (Wildman–Crippen LogP) is 3.64. The van der Waals surface area contributed by atoms with Crippen LogP contribution in [-0.4, -0.2) is 20.4 Å². The van der Waals surface area contributed by atoms with Crippen molar-refractivity contribution in [3.05, 3.63) is 34.1 Å². The maximum absolute atomic E-state index is 9.73. The van der Waals surface area contributed by atoms with E-state index in [-0.39, 0.29) is 17.4 Å². The lowest BCUT2D eigenvalue weighted by Crippen LogP contribution is -1.80. The quantitative estimate of drug-likeness (QED) is 0.697. The minimum absolute atomic E-state index is 0.0198. The molecule has 2 N–H and O–H groups in total. The maximum atomic E-state index is 9.73. The van der Waals surface area contributed by atoms with E-state index in [1.165, 1.54) is 29.5 Å². The van der Waals surface area contributed by atoms with Crippen LogP contribution in [0.2, 0.25) is 0 Å². The zero-order chi connectivity index (χ0) is 13.4. The van der Waals surface area contributed by atoms with Gasteiger partial charge in [0.15, 0.2) is 0 Å². The second-order valence-corrected chi connectivity index (χ2v) is 6.19. The largest absolute Gasteiger partial charge is 0.508 e. The summed E-state index contributed by atoms with van der Waals surface area (Å²) in [6.07, 6.45) is 0. The molecule has 0 aliphatic rings. The van der Waals surface area contributed by atoms with Crippen molar-refractivity contribution in [2.24, 2.45) is 0 Å². The van der Waals surface area contributed by atoms with Crippen LogP contribution >= 0.6 is 27.3 Å². The molecule has 0 unspecified atom stereocenters. The summed E-state index contributed by atoms with van der Waals surface area (Å²) in [5, 5.41) is 23.0. The number of hydrogen-bond donors (Lipinski definition) is 2. The van der Waals surface area contributed by atoms with Crippen LogP contribution in [0.5, 0.6) is 11.5 Å². The lowest BCUT2D eigenvalue weighted by atomic mass is 10.2. The first-order valence-electron chi connectivity index (χ1n) is 5.25.